The van der Waals surface area contributed by atoms with Gasteiger partial charge >= 0.3 is 0 Å². The van der Waals surface area contributed by atoms with E-state index in [1.54, 1.807) is 0 Å². The van der Waals surface area contributed by atoms with Crippen molar-refractivity contribution in [1.29, 1.82) is 0 Å². The Morgan fingerprint density at radius 2 is 1.59 bits per heavy atom. The molecule has 3 heteroatoms. The molecule has 0 aromatic heterocycles. The molecule has 0 amide bonds. The van der Waals surface area contributed by atoms with E-state index in [-0.39, 0.29) is 6.61 Å². The second-order valence-corrected chi connectivity index (χ2v) is 4.12. The molecule has 0 radical (unpaired) electrons. The van der Waals surface area contributed by atoms with Crippen LogP contribution in [0.25, 0.3) is 0 Å². The molecule has 0 aliphatic heterocycles. The van der Waals surface area contributed by atoms with E-state index < -0.39 is 0 Å². The summed E-state index contributed by atoms with van der Waals surface area (Å²) in [5, 5.41) is 8.54. The van der Waals surface area contributed by atoms with Crippen LogP contribution in [-0.2, 0) is 9.47 Å². The predicted octanol–water partition coefficient (Wildman–Crippen LogP) is 3.28. The Bertz CT molecular complexity index is 158. The van der Waals surface area contributed by atoms with Crippen molar-refractivity contribution in [1.82, 2.24) is 0 Å². The number of hydrogen-bond donors (Lipinski definition) is 1. The van der Waals surface area contributed by atoms with E-state index in [0.717, 1.165) is 25.9 Å². The molecule has 0 unspecified atom stereocenters. The van der Waals surface area contributed by atoms with E-state index in [1.807, 2.05) is 12.2 Å². The maximum Gasteiger partial charge on any atom is 0.146 e. The van der Waals surface area contributed by atoms with Crippen LogP contribution >= 0.6 is 0 Å². The molecule has 0 atom stereocenters. The van der Waals surface area contributed by atoms with Crippen LogP contribution in [0.3, 0.4) is 0 Å². The molecule has 0 fully saturated rings. The number of hydrogen-bond acceptors (Lipinski definition) is 3. The lowest BCUT2D eigenvalue weighted by atomic mass is 10.2. The standard InChI is InChI=1S/C14H28O3/c1-2-3-4-6-9-12-16-14-17-13-10-7-5-8-11-15/h5,7,15H,2-4,6,8-14H2,1H3/b7-5+. The lowest BCUT2D eigenvalue weighted by Crippen LogP contribution is -2.02. The zero-order valence-electron chi connectivity index (χ0n) is 11.2. The average molecular weight is 244 g/mol. The van der Waals surface area contributed by atoms with E-state index in [0.29, 0.717) is 13.4 Å². The van der Waals surface area contributed by atoms with Crippen molar-refractivity contribution in [2.24, 2.45) is 0 Å². The lowest BCUT2D eigenvalue weighted by molar-refractivity contribution is -0.0531. The summed E-state index contributed by atoms with van der Waals surface area (Å²) in [5.41, 5.74) is 0. The first-order valence-electron chi connectivity index (χ1n) is 6.83. The SMILES string of the molecule is CCCCCCCOCOCC/C=C/CCO. The fraction of sp³-hybridized carbons (Fsp3) is 0.857. The number of aliphatic hydroxyl groups is 1. The van der Waals surface area contributed by atoms with Gasteiger partial charge in [0.05, 0.1) is 6.61 Å². The Morgan fingerprint density at radius 1 is 0.882 bits per heavy atom. The van der Waals surface area contributed by atoms with Gasteiger partial charge in [-0.3, -0.25) is 0 Å². The summed E-state index contributed by atoms with van der Waals surface area (Å²) in [7, 11) is 0. The van der Waals surface area contributed by atoms with Gasteiger partial charge in [-0.25, -0.2) is 0 Å². The topological polar surface area (TPSA) is 38.7 Å². The minimum atomic E-state index is 0.221. The molecule has 1 N–H and O–H groups in total. The van der Waals surface area contributed by atoms with Gasteiger partial charge in [0, 0.05) is 13.2 Å². The van der Waals surface area contributed by atoms with E-state index in [2.05, 4.69) is 6.92 Å². The highest BCUT2D eigenvalue weighted by molar-refractivity contribution is 4.80. The third kappa shape index (κ3) is 15.6. The number of rotatable bonds is 13. The Kier molecular flexibility index (Phi) is 15.3. The molecule has 0 saturated carbocycles. The normalized spacial score (nSPS) is 11.4. The van der Waals surface area contributed by atoms with E-state index in [4.69, 9.17) is 14.6 Å². The van der Waals surface area contributed by atoms with Crippen molar-refractivity contribution in [2.75, 3.05) is 26.6 Å². The van der Waals surface area contributed by atoms with E-state index in [9.17, 15) is 0 Å². The molecule has 17 heavy (non-hydrogen) atoms. The van der Waals surface area contributed by atoms with Gasteiger partial charge in [0.1, 0.15) is 6.79 Å². The van der Waals surface area contributed by atoms with Crippen LogP contribution in [-0.4, -0.2) is 31.7 Å². The maximum atomic E-state index is 8.54. The highest BCUT2D eigenvalue weighted by Crippen LogP contribution is 2.02. The highest BCUT2D eigenvalue weighted by Gasteiger charge is 1.90. The summed E-state index contributed by atoms with van der Waals surface area (Å²) in [6, 6.07) is 0. The van der Waals surface area contributed by atoms with Crippen molar-refractivity contribution < 1.29 is 14.6 Å². The number of unbranched alkanes of at least 4 members (excludes halogenated alkanes) is 4. The third-order valence-electron chi connectivity index (χ3n) is 2.45. The summed E-state index contributed by atoms with van der Waals surface area (Å²) >= 11 is 0. The summed E-state index contributed by atoms with van der Waals surface area (Å²) in [5.74, 6) is 0. The molecular weight excluding hydrogens is 216 g/mol. The Morgan fingerprint density at radius 3 is 2.35 bits per heavy atom. The lowest BCUT2D eigenvalue weighted by Gasteiger charge is -2.04. The Labute approximate surface area is 106 Å². The van der Waals surface area contributed by atoms with Crippen LogP contribution in [0.2, 0.25) is 0 Å². The molecule has 0 aromatic rings. The Hall–Kier alpha value is -0.380. The van der Waals surface area contributed by atoms with E-state index in [1.165, 1.54) is 25.7 Å². The largest absolute Gasteiger partial charge is 0.396 e. The fourth-order valence-electron chi connectivity index (χ4n) is 1.45. The van der Waals surface area contributed by atoms with Crippen LogP contribution in [0.1, 0.15) is 51.9 Å². The third-order valence-corrected chi connectivity index (χ3v) is 2.45. The molecule has 0 bridgehead atoms. The molecule has 0 aliphatic rings. The zero-order chi connectivity index (χ0) is 12.6. The first-order chi connectivity index (χ1) is 8.41. The minimum Gasteiger partial charge on any atom is -0.396 e. The van der Waals surface area contributed by atoms with Crippen molar-refractivity contribution in [3.05, 3.63) is 12.2 Å². The summed E-state index contributed by atoms with van der Waals surface area (Å²) in [4.78, 5) is 0. The second-order valence-electron chi connectivity index (χ2n) is 4.12. The molecular formula is C14H28O3. The molecule has 0 heterocycles. The molecule has 0 saturated heterocycles. The van der Waals surface area contributed by atoms with Gasteiger partial charge in [0.2, 0.25) is 0 Å². The van der Waals surface area contributed by atoms with Crippen molar-refractivity contribution in [3.63, 3.8) is 0 Å². The second kappa shape index (κ2) is 15.6. The van der Waals surface area contributed by atoms with Gasteiger partial charge in [-0.05, 0) is 19.3 Å². The monoisotopic (exact) mass is 244 g/mol. The summed E-state index contributed by atoms with van der Waals surface area (Å²) in [6.45, 7) is 4.35. The molecule has 102 valence electrons. The Balaban J connectivity index is 2.94. The fourth-order valence-corrected chi connectivity index (χ4v) is 1.45. The van der Waals surface area contributed by atoms with E-state index >= 15 is 0 Å². The van der Waals surface area contributed by atoms with Crippen LogP contribution in [0.4, 0.5) is 0 Å². The summed E-state index contributed by atoms with van der Waals surface area (Å²) < 4.78 is 10.7. The van der Waals surface area contributed by atoms with Crippen LogP contribution in [0.15, 0.2) is 12.2 Å². The van der Waals surface area contributed by atoms with Crippen molar-refractivity contribution in [2.45, 2.75) is 51.9 Å². The van der Waals surface area contributed by atoms with Crippen molar-refractivity contribution >= 4 is 0 Å². The molecule has 0 rings (SSSR count). The number of ether oxygens (including phenoxy) is 2. The zero-order valence-corrected chi connectivity index (χ0v) is 11.2. The summed E-state index contributed by atoms with van der Waals surface area (Å²) in [6.07, 6.45) is 11.9. The minimum absolute atomic E-state index is 0.221. The van der Waals surface area contributed by atoms with Gasteiger partial charge in [-0.15, -0.1) is 0 Å². The average Bonchev–Trinajstić information content (AvgIpc) is 2.35. The van der Waals surface area contributed by atoms with Crippen LogP contribution < -0.4 is 0 Å². The van der Waals surface area contributed by atoms with Crippen LogP contribution in [0.5, 0.6) is 0 Å². The molecule has 0 aliphatic carbocycles. The molecule has 3 nitrogen and oxygen atoms in total. The molecule has 0 aromatic carbocycles. The van der Waals surface area contributed by atoms with Crippen LogP contribution in [0, 0.1) is 0 Å². The molecule has 0 spiro atoms. The quantitative estimate of drug-likeness (QED) is 0.307. The number of aliphatic hydroxyl groups excluding tert-OH is 1. The van der Waals surface area contributed by atoms with Gasteiger partial charge < -0.3 is 14.6 Å². The maximum absolute atomic E-state index is 8.54. The van der Waals surface area contributed by atoms with Gasteiger partial charge in [0.15, 0.2) is 0 Å². The highest BCUT2D eigenvalue weighted by atomic mass is 16.7. The first-order valence-corrected chi connectivity index (χ1v) is 6.83. The smallest absolute Gasteiger partial charge is 0.146 e. The first kappa shape index (κ1) is 16.6. The van der Waals surface area contributed by atoms with Gasteiger partial charge in [-0.2, -0.15) is 0 Å². The van der Waals surface area contributed by atoms with Crippen molar-refractivity contribution in [3.8, 4) is 0 Å². The van der Waals surface area contributed by atoms with Gasteiger partial charge in [0.25, 0.3) is 0 Å². The van der Waals surface area contributed by atoms with Gasteiger partial charge in [-0.1, -0.05) is 44.8 Å². The predicted molar refractivity (Wildman–Crippen MR) is 71.0 cm³/mol.